The van der Waals surface area contributed by atoms with Gasteiger partial charge in [-0.15, -0.1) is 0 Å². The molecule has 2 heterocycles. The summed E-state index contributed by atoms with van der Waals surface area (Å²) in [7, 11) is 4.62. The minimum Gasteiger partial charge on any atom is -0.399 e. The summed E-state index contributed by atoms with van der Waals surface area (Å²) in [6.45, 7) is 7.20. The second-order valence-electron chi connectivity index (χ2n) is 6.54. The van der Waals surface area contributed by atoms with Crippen molar-refractivity contribution in [1.29, 1.82) is 0 Å². The Morgan fingerprint density at radius 3 is 2.39 bits per heavy atom. The van der Waals surface area contributed by atoms with E-state index in [0.29, 0.717) is 0 Å². The Balaban J connectivity index is 1.86. The van der Waals surface area contributed by atoms with Crippen LogP contribution in [0.3, 0.4) is 0 Å². The highest BCUT2D eigenvalue weighted by Gasteiger charge is 2.47. The fourth-order valence-corrected chi connectivity index (χ4v) is 3.90. The summed E-state index contributed by atoms with van der Waals surface area (Å²) in [5, 5.41) is 0. The molecule has 0 aliphatic carbocycles. The number of quaternary nitrogens is 1. The summed E-state index contributed by atoms with van der Waals surface area (Å²) in [5.74, 6) is 1.75. The molecule has 0 saturated carbocycles. The maximum Gasteiger partial charge on any atom is 0.133 e. The van der Waals surface area contributed by atoms with Crippen molar-refractivity contribution in [3.05, 3.63) is 23.8 Å². The average Bonchev–Trinajstić information content (AvgIpc) is 2.76. The molecule has 18 heavy (non-hydrogen) atoms. The normalized spacial score (nSPS) is 35.9. The van der Waals surface area contributed by atoms with E-state index in [9.17, 15) is 0 Å². The van der Waals surface area contributed by atoms with Gasteiger partial charge in [0.05, 0.1) is 20.1 Å². The molecule has 3 rings (SSSR count). The number of fused-ring (bicyclic) bond motifs is 1. The van der Waals surface area contributed by atoms with Crippen LogP contribution in [0, 0.1) is 18.8 Å². The molecule has 1 aromatic rings. The molecule has 2 aliphatic rings. The topological polar surface area (TPSA) is 29.3 Å². The molecule has 98 valence electrons. The molecule has 2 N–H and O–H groups in total. The first-order valence-electron chi connectivity index (χ1n) is 6.88. The van der Waals surface area contributed by atoms with Crippen LogP contribution >= 0.6 is 0 Å². The van der Waals surface area contributed by atoms with Crippen molar-refractivity contribution >= 4 is 11.4 Å². The van der Waals surface area contributed by atoms with Crippen LogP contribution in [0.4, 0.5) is 11.4 Å². The first-order valence-corrected chi connectivity index (χ1v) is 6.88. The highest BCUT2D eigenvalue weighted by Crippen LogP contribution is 2.38. The Labute approximate surface area is 110 Å². The van der Waals surface area contributed by atoms with Crippen LogP contribution in [0.1, 0.15) is 5.56 Å². The lowest BCUT2D eigenvalue weighted by Gasteiger charge is -2.31. The highest BCUT2D eigenvalue weighted by molar-refractivity contribution is 5.56. The maximum absolute atomic E-state index is 5.93. The van der Waals surface area contributed by atoms with Crippen molar-refractivity contribution < 1.29 is 0 Å². The van der Waals surface area contributed by atoms with Crippen LogP contribution in [-0.2, 0) is 0 Å². The molecule has 0 aromatic heterocycles. The summed E-state index contributed by atoms with van der Waals surface area (Å²) >= 11 is 0. The van der Waals surface area contributed by atoms with Gasteiger partial charge in [0, 0.05) is 42.7 Å². The van der Waals surface area contributed by atoms with Crippen molar-refractivity contribution in [1.82, 2.24) is 9.38 Å². The minimum absolute atomic E-state index is 0.873. The van der Waals surface area contributed by atoms with Gasteiger partial charge in [-0.25, -0.2) is 0 Å². The van der Waals surface area contributed by atoms with Gasteiger partial charge in [-0.1, -0.05) is 0 Å². The summed E-state index contributed by atoms with van der Waals surface area (Å²) in [5.41, 5.74) is 9.47. The molecule has 3 nitrogen and oxygen atoms in total. The van der Waals surface area contributed by atoms with Crippen molar-refractivity contribution in [3.63, 3.8) is 0 Å². The average molecular weight is 246 g/mol. The van der Waals surface area contributed by atoms with E-state index >= 15 is 0 Å². The number of nitrogens with two attached hydrogens (primary N) is 1. The number of hydrogen-bond acceptors (Lipinski definition) is 2. The van der Waals surface area contributed by atoms with Gasteiger partial charge < -0.3 is 10.6 Å². The third-order valence-corrected chi connectivity index (χ3v) is 4.91. The minimum atomic E-state index is 0.873. The molecule has 3 heteroatoms. The van der Waals surface area contributed by atoms with Crippen molar-refractivity contribution in [2.45, 2.75) is 6.92 Å². The third-order valence-electron chi connectivity index (χ3n) is 4.91. The number of rotatable bonds is 1. The number of likely N-dealkylation sites (tertiary alicyclic amines) is 2. The van der Waals surface area contributed by atoms with E-state index in [4.69, 9.17) is 5.73 Å². The van der Waals surface area contributed by atoms with E-state index in [1.54, 1.807) is 0 Å². The Bertz CT molecular complexity index is 455. The van der Waals surface area contributed by atoms with Crippen LogP contribution in [0.25, 0.3) is 0 Å². The van der Waals surface area contributed by atoms with Gasteiger partial charge in [-0.3, -0.25) is 4.48 Å². The van der Waals surface area contributed by atoms with E-state index in [0.717, 1.165) is 22.0 Å². The number of nitrogen functional groups attached to an aromatic ring is 1. The SMILES string of the molecule is Cc1cc([N+]2(C)CC3CN(C)CC3C2)ccc1N. The molecule has 2 fully saturated rings. The lowest BCUT2D eigenvalue weighted by Crippen LogP contribution is -2.44. The molecule has 2 saturated heterocycles. The summed E-state index contributed by atoms with van der Waals surface area (Å²) in [4.78, 5) is 2.48. The molecule has 0 radical (unpaired) electrons. The largest absolute Gasteiger partial charge is 0.399 e. The number of benzene rings is 1. The zero-order valence-electron chi connectivity index (χ0n) is 11.7. The van der Waals surface area contributed by atoms with E-state index in [1.807, 2.05) is 0 Å². The molecule has 2 aliphatic heterocycles. The Kier molecular flexibility index (Phi) is 2.65. The second kappa shape index (κ2) is 3.97. The lowest BCUT2D eigenvalue weighted by atomic mass is 10.0. The molecule has 2 atom stereocenters. The summed E-state index contributed by atoms with van der Waals surface area (Å²) in [6, 6.07) is 6.56. The molecule has 0 spiro atoms. The maximum atomic E-state index is 5.93. The van der Waals surface area contributed by atoms with Gasteiger partial charge in [-0.05, 0) is 25.6 Å². The predicted octanol–water partition coefficient (Wildman–Crippen LogP) is 1.71. The van der Waals surface area contributed by atoms with Crippen LogP contribution in [0.5, 0.6) is 0 Å². The monoisotopic (exact) mass is 246 g/mol. The van der Waals surface area contributed by atoms with Gasteiger partial charge in [0.15, 0.2) is 0 Å². The van der Waals surface area contributed by atoms with E-state index in [-0.39, 0.29) is 0 Å². The van der Waals surface area contributed by atoms with Crippen LogP contribution < -0.4 is 10.2 Å². The van der Waals surface area contributed by atoms with E-state index in [2.05, 4.69) is 44.1 Å². The van der Waals surface area contributed by atoms with Crippen molar-refractivity contribution in [3.8, 4) is 0 Å². The lowest BCUT2D eigenvalue weighted by molar-refractivity contribution is 0.314. The van der Waals surface area contributed by atoms with Crippen LogP contribution in [-0.4, -0.2) is 45.2 Å². The fourth-order valence-electron chi connectivity index (χ4n) is 3.90. The predicted molar refractivity (Wildman–Crippen MR) is 77.5 cm³/mol. The number of aryl methyl sites for hydroxylation is 1. The number of anilines is 1. The molecular formula is C15H24N3+. The molecule has 2 unspecified atom stereocenters. The first kappa shape index (κ1) is 12.0. The highest BCUT2D eigenvalue weighted by atomic mass is 15.4. The molecule has 0 bridgehead atoms. The molecule has 0 amide bonds. The van der Waals surface area contributed by atoms with Gasteiger partial charge in [0.25, 0.3) is 0 Å². The Morgan fingerprint density at radius 1 is 1.22 bits per heavy atom. The second-order valence-corrected chi connectivity index (χ2v) is 6.54. The summed E-state index contributed by atoms with van der Waals surface area (Å²) in [6.07, 6.45) is 0. The molecular weight excluding hydrogens is 222 g/mol. The smallest absolute Gasteiger partial charge is 0.133 e. The van der Waals surface area contributed by atoms with Crippen LogP contribution in [0.15, 0.2) is 18.2 Å². The molecule has 1 aromatic carbocycles. The number of hydrogen-bond donors (Lipinski definition) is 1. The zero-order valence-corrected chi connectivity index (χ0v) is 11.7. The van der Waals surface area contributed by atoms with E-state index < -0.39 is 0 Å². The van der Waals surface area contributed by atoms with Gasteiger partial charge in [0.2, 0.25) is 0 Å². The summed E-state index contributed by atoms with van der Waals surface area (Å²) < 4.78 is 1.09. The van der Waals surface area contributed by atoms with Crippen molar-refractivity contribution in [2.75, 3.05) is 46.0 Å². The third kappa shape index (κ3) is 1.82. The zero-order chi connectivity index (χ0) is 12.9. The van der Waals surface area contributed by atoms with Gasteiger partial charge in [0.1, 0.15) is 5.69 Å². The van der Waals surface area contributed by atoms with E-state index in [1.165, 1.54) is 37.4 Å². The standard InChI is InChI=1S/C15H24N3/c1-11-6-14(4-5-15(11)16)18(3)9-12-7-17(2)8-13(12)10-18/h4-6,12-13H,7-10,16H2,1-3H3/q+1. The van der Waals surface area contributed by atoms with Crippen molar-refractivity contribution in [2.24, 2.45) is 11.8 Å². The van der Waals surface area contributed by atoms with Crippen LogP contribution in [0.2, 0.25) is 0 Å². The van der Waals surface area contributed by atoms with Gasteiger partial charge in [-0.2, -0.15) is 0 Å². The Hall–Kier alpha value is -1.06. The quantitative estimate of drug-likeness (QED) is 0.604. The number of nitrogens with zero attached hydrogens (tertiary/aromatic N) is 2. The Morgan fingerprint density at radius 2 is 1.83 bits per heavy atom. The first-order chi connectivity index (χ1) is 8.48. The fraction of sp³-hybridized carbons (Fsp3) is 0.600. The van der Waals surface area contributed by atoms with Gasteiger partial charge >= 0.3 is 0 Å².